The molecule has 0 aliphatic carbocycles. The fraction of sp³-hybridized carbons (Fsp3) is 0.462. The number of hydrogen-bond acceptors (Lipinski definition) is 3. The maximum Gasteiger partial charge on any atom is 0.238 e. The van der Waals surface area contributed by atoms with Gasteiger partial charge in [-0.05, 0) is 31.0 Å². The maximum atomic E-state index is 11.6. The van der Waals surface area contributed by atoms with E-state index >= 15 is 0 Å². The van der Waals surface area contributed by atoms with E-state index in [4.69, 9.17) is 11.6 Å². The van der Waals surface area contributed by atoms with E-state index in [0.29, 0.717) is 23.7 Å². The highest BCUT2D eigenvalue weighted by atomic mass is 35.5. The number of halogens is 1. The van der Waals surface area contributed by atoms with Gasteiger partial charge in [-0.3, -0.25) is 4.79 Å². The molecule has 0 spiro atoms. The van der Waals surface area contributed by atoms with Crippen LogP contribution in [-0.4, -0.2) is 30.2 Å². The van der Waals surface area contributed by atoms with Gasteiger partial charge in [0, 0.05) is 17.3 Å². The van der Waals surface area contributed by atoms with Crippen molar-refractivity contribution in [1.82, 2.24) is 5.32 Å². The van der Waals surface area contributed by atoms with Crippen molar-refractivity contribution in [2.24, 2.45) is 0 Å². The molecule has 4 nitrogen and oxygen atoms in total. The highest BCUT2D eigenvalue weighted by Crippen LogP contribution is 2.19. The van der Waals surface area contributed by atoms with Gasteiger partial charge in [-0.25, -0.2) is 0 Å². The van der Waals surface area contributed by atoms with Crippen molar-refractivity contribution in [3.8, 4) is 0 Å². The molecule has 0 aliphatic rings. The standard InChI is InChI=1S/C13H19ClN2O2/c1-3-11(17)7-15-8-13(18)16-12-6-10(14)5-4-9(12)2/h4-6,11,15,17H,3,7-8H2,1-2H3,(H,16,18). The number of nitrogens with one attached hydrogen (secondary N) is 2. The lowest BCUT2D eigenvalue weighted by molar-refractivity contribution is -0.115. The van der Waals surface area contributed by atoms with Crippen LogP contribution in [-0.2, 0) is 4.79 Å². The molecule has 100 valence electrons. The molecule has 1 aromatic carbocycles. The van der Waals surface area contributed by atoms with E-state index < -0.39 is 6.10 Å². The number of aryl methyl sites for hydroxylation is 1. The molecular weight excluding hydrogens is 252 g/mol. The number of aliphatic hydroxyl groups excluding tert-OH is 1. The molecule has 0 aromatic heterocycles. The van der Waals surface area contributed by atoms with Crippen molar-refractivity contribution in [2.75, 3.05) is 18.4 Å². The second-order valence-corrected chi connectivity index (χ2v) is 4.64. The van der Waals surface area contributed by atoms with Crippen LogP contribution in [0.15, 0.2) is 18.2 Å². The van der Waals surface area contributed by atoms with Crippen molar-refractivity contribution in [2.45, 2.75) is 26.4 Å². The summed E-state index contributed by atoms with van der Waals surface area (Å²) < 4.78 is 0. The molecule has 0 saturated heterocycles. The van der Waals surface area contributed by atoms with Gasteiger partial charge in [0.1, 0.15) is 0 Å². The minimum absolute atomic E-state index is 0.149. The predicted molar refractivity (Wildman–Crippen MR) is 74.0 cm³/mol. The second kappa shape index (κ2) is 7.36. The molecule has 0 radical (unpaired) electrons. The predicted octanol–water partition coefficient (Wildman–Crippen LogP) is 1.95. The first-order valence-corrected chi connectivity index (χ1v) is 6.35. The lowest BCUT2D eigenvalue weighted by Gasteiger charge is -2.11. The average Bonchev–Trinajstić information content (AvgIpc) is 2.33. The van der Waals surface area contributed by atoms with Crippen molar-refractivity contribution in [3.05, 3.63) is 28.8 Å². The summed E-state index contributed by atoms with van der Waals surface area (Å²) in [4.78, 5) is 11.6. The Labute approximate surface area is 112 Å². The normalized spacial score (nSPS) is 12.2. The Balaban J connectivity index is 2.42. The molecule has 1 atom stereocenters. The van der Waals surface area contributed by atoms with Crippen molar-refractivity contribution in [1.29, 1.82) is 0 Å². The summed E-state index contributed by atoms with van der Waals surface area (Å²) in [6.45, 7) is 4.38. The summed E-state index contributed by atoms with van der Waals surface area (Å²) in [5.74, 6) is -0.149. The Bertz CT molecular complexity index is 410. The molecule has 1 aromatic rings. The number of rotatable bonds is 6. The highest BCUT2D eigenvalue weighted by molar-refractivity contribution is 6.31. The molecule has 1 rings (SSSR count). The van der Waals surface area contributed by atoms with Crippen LogP contribution in [0.25, 0.3) is 0 Å². The monoisotopic (exact) mass is 270 g/mol. The van der Waals surface area contributed by atoms with Crippen LogP contribution in [0.2, 0.25) is 5.02 Å². The fourth-order valence-corrected chi connectivity index (χ4v) is 1.59. The Hall–Kier alpha value is -1.10. The van der Waals surface area contributed by atoms with Crippen LogP contribution < -0.4 is 10.6 Å². The van der Waals surface area contributed by atoms with E-state index in [1.807, 2.05) is 19.9 Å². The zero-order chi connectivity index (χ0) is 13.5. The minimum atomic E-state index is -0.411. The number of carbonyl (C=O) groups is 1. The van der Waals surface area contributed by atoms with Crippen LogP contribution >= 0.6 is 11.6 Å². The Kier molecular flexibility index (Phi) is 6.12. The zero-order valence-electron chi connectivity index (χ0n) is 10.7. The number of anilines is 1. The van der Waals surface area contributed by atoms with Crippen LogP contribution in [0.3, 0.4) is 0 Å². The number of amides is 1. The Morgan fingerprint density at radius 3 is 2.89 bits per heavy atom. The summed E-state index contributed by atoms with van der Waals surface area (Å²) in [5, 5.41) is 15.6. The van der Waals surface area contributed by atoms with Crippen LogP contribution in [0.1, 0.15) is 18.9 Å². The van der Waals surface area contributed by atoms with Crippen molar-refractivity contribution < 1.29 is 9.90 Å². The highest BCUT2D eigenvalue weighted by Gasteiger charge is 2.06. The van der Waals surface area contributed by atoms with E-state index in [1.165, 1.54) is 0 Å². The minimum Gasteiger partial charge on any atom is -0.392 e. The number of aliphatic hydroxyl groups is 1. The summed E-state index contributed by atoms with van der Waals surface area (Å²) >= 11 is 5.86. The van der Waals surface area contributed by atoms with Gasteiger partial charge in [-0.2, -0.15) is 0 Å². The fourth-order valence-electron chi connectivity index (χ4n) is 1.42. The molecule has 0 aliphatic heterocycles. The van der Waals surface area contributed by atoms with E-state index in [0.717, 1.165) is 5.56 Å². The van der Waals surface area contributed by atoms with E-state index in [9.17, 15) is 9.90 Å². The van der Waals surface area contributed by atoms with Gasteiger partial charge in [-0.15, -0.1) is 0 Å². The van der Waals surface area contributed by atoms with Gasteiger partial charge in [0.2, 0.25) is 5.91 Å². The zero-order valence-corrected chi connectivity index (χ0v) is 11.4. The van der Waals surface area contributed by atoms with Gasteiger partial charge in [-0.1, -0.05) is 24.6 Å². The summed E-state index contributed by atoms with van der Waals surface area (Å²) in [6, 6.07) is 5.35. The molecule has 1 unspecified atom stereocenters. The van der Waals surface area contributed by atoms with Gasteiger partial charge >= 0.3 is 0 Å². The first kappa shape index (κ1) is 15.0. The SMILES string of the molecule is CCC(O)CNCC(=O)Nc1cc(Cl)ccc1C. The first-order chi connectivity index (χ1) is 8.52. The van der Waals surface area contributed by atoms with Gasteiger partial charge in [0.25, 0.3) is 0 Å². The molecule has 0 saturated carbocycles. The molecule has 3 N–H and O–H groups in total. The lowest BCUT2D eigenvalue weighted by Crippen LogP contribution is -2.33. The van der Waals surface area contributed by atoms with E-state index in [1.54, 1.807) is 12.1 Å². The quantitative estimate of drug-likeness (QED) is 0.740. The third-order valence-electron chi connectivity index (χ3n) is 2.61. The number of carbonyl (C=O) groups excluding carboxylic acids is 1. The smallest absolute Gasteiger partial charge is 0.238 e. The van der Waals surface area contributed by atoms with Gasteiger partial charge in [0.05, 0.1) is 12.6 Å². The summed E-state index contributed by atoms with van der Waals surface area (Å²) in [6.07, 6.45) is 0.257. The van der Waals surface area contributed by atoms with Crippen LogP contribution in [0.5, 0.6) is 0 Å². The molecule has 0 fully saturated rings. The van der Waals surface area contributed by atoms with Crippen molar-refractivity contribution >= 4 is 23.2 Å². The molecule has 0 bridgehead atoms. The average molecular weight is 271 g/mol. The lowest BCUT2D eigenvalue weighted by atomic mass is 10.2. The number of benzene rings is 1. The third kappa shape index (κ3) is 5.04. The molecular formula is C13H19ClN2O2. The van der Waals surface area contributed by atoms with Crippen LogP contribution in [0, 0.1) is 6.92 Å². The first-order valence-electron chi connectivity index (χ1n) is 5.97. The maximum absolute atomic E-state index is 11.6. The van der Waals surface area contributed by atoms with Crippen LogP contribution in [0.4, 0.5) is 5.69 Å². The summed E-state index contributed by atoms with van der Waals surface area (Å²) in [7, 11) is 0. The topological polar surface area (TPSA) is 61.4 Å². The largest absolute Gasteiger partial charge is 0.392 e. The number of hydrogen-bond donors (Lipinski definition) is 3. The third-order valence-corrected chi connectivity index (χ3v) is 2.85. The van der Waals surface area contributed by atoms with Crippen molar-refractivity contribution in [3.63, 3.8) is 0 Å². The van der Waals surface area contributed by atoms with Gasteiger partial charge in [0.15, 0.2) is 0 Å². The second-order valence-electron chi connectivity index (χ2n) is 4.20. The molecule has 18 heavy (non-hydrogen) atoms. The Morgan fingerprint density at radius 2 is 2.22 bits per heavy atom. The summed E-state index contributed by atoms with van der Waals surface area (Å²) in [5.41, 5.74) is 1.67. The van der Waals surface area contributed by atoms with E-state index in [-0.39, 0.29) is 12.5 Å². The van der Waals surface area contributed by atoms with Gasteiger partial charge < -0.3 is 15.7 Å². The molecule has 0 heterocycles. The van der Waals surface area contributed by atoms with E-state index in [2.05, 4.69) is 10.6 Å². The molecule has 1 amide bonds. The Morgan fingerprint density at radius 1 is 1.50 bits per heavy atom. The molecule has 5 heteroatoms.